The molecule has 4 nitrogen and oxygen atoms in total. The molecular weight excluding hydrogens is 240 g/mol. The van der Waals surface area contributed by atoms with E-state index in [1.807, 2.05) is 0 Å². The van der Waals surface area contributed by atoms with Crippen LogP contribution in [-0.4, -0.2) is 62.0 Å². The van der Waals surface area contributed by atoms with E-state index < -0.39 is 0 Å². The molecule has 0 amide bonds. The zero-order chi connectivity index (χ0) is 13.1. The van der Waals surface area contributed by atoms with Crippen LogP contribution < -0.4 is 5.32 Å². The van der Waals surface area contributed by atoms with Gasteiger partial charge in [0.1, 0.15) is 0 Å². The average molecular weight is 268 g/mol. The number of rotatable bonds is 6. The van der Waals surface area contributed by atoms with Gasteiger partial charge in [0, 0.05) is 37.8 Å². The number of aliphatic hydroxyl groups excluding tert-OH is 1. The molecule has 1 aliphatic carbocycles. The van der Waals surface area contributed by atoms with Crippen molar-refractivity contribution in [2.45, 2.75) is 38.1 Å². The van der Waals surface area contributed by atoms with E-state index in [0.29, 0.717) is 17.9 Å². The van der Waals surface area contributed by atoms with Crippen molar-refractivity contribution >= 4 is 0 Å². The Labute approximate surface area is 116 Å². The minimum absolute atomic E-state index is 0.342. The molecule has 3 aliphatic rings. The predicted molar refractivity (Wildman–Crippen MR) is 75.1 cm³/mol. The van der Waals surface area contributed by atoms with E-state index in [1.54, 1.807) is 0 Å². The van der Waals surface area contributed by atoms with Gasteiger partial charge in [0.15, 0.2) is 0 Å². The molecule has 1 unspecified atom stereocenters. The summed E-state index contributed by atoms with van der Waals surface area (Å²) in [6.45, 7) is 6.81. The summed E-state index contributed by atoms with van der Waals surface area (Å²) in [4.78, 5) is 2.59. The monoisotopic (exact) mass is 268 g/mol. The molecule has 3 rings (SSSR count). The van der Waals surface area contributed by atoms with E-state index in [2.05, 4.69) is 10.2 Å². The third kappa shape index (κ3) is 3.69. The molecule has 0 aromatic carbocycles. The van der Waals surface area contributed by atoms with Crippen LogP contribution in [0.1, 0.15) is 32.1 Å². The molecule has 3 fully saturated rings. The third-order valence-electron chi connectivity index (χ3n) is 5.05. The Morgan fingerprint density at radius 1 is 1.21 bits per heavy atom. The fourth-order valence-electron chi connectivity index (χ4n) is 3.42. The Hall–Kier alpha value is -0.160. The summed E-state index contributed by atoms with van der Waals surface area (Å²) < 4.78 is 5.69. The smallest absolute Gasteiger partial charge is 0.0547 e. The molecule has 1 atom stereocenters. The van der Waals surface area contributed by atoms with Crippen molar-refractivity contribution < 1.29 is 9.84 Å². The summed E-state index contributed by atoms with van der Waals surface area (Å²) in [5, 5.41) is 12.9. The zero-order valence-corrected chi connectivity index (χ0v) is 11.9. The molecule has 2 saturated heterocycles. The molecule has 4 heteroatoms. The van der Waals surface area contributed by atoms with Crippen molar-refractivity contribution in [1.82, 2.24) is 10.2 Å². The minimum atomic E-state index is 0.342. The molecule has 0 spiro atoms. The van der Waals surface area contributed by atoms with E-state index in [0.717, 1.165) is 51.7 Å². The van der Waals surface area contributed by atoms with Crippen LogP contribution in [0.3, 0.4) is 0 Å². The normalized spacial score (nSPS) is 33.9. The molecule has 1 saturated carbocycles. The van der Waals surface area contributed by atoms with Gasteiger partial charge in [-0.2, -0.15) is 0 Å². The number of aliphatic hydroxyl groups is 1. The molecule has 0 bridgehead atoms. The van der Waals surface area contributed by atoms with E-state index in [4.69, 9.17) is 4.74 Å². The summed E-state index contributed by atoms with van der Waals surface area (Å²) in [5.41, 5.74) is 0.342. The lowest BCUT2D eigenvalue weighted by Crippen LogP contribution is -2.47. The number of nitrogens with one attached hydrogen (secondary N) is 1. The Balaban J connectivity index is 1.49. The van der Waals surface area contributed by atoms with Gasteiger partial charge in [-0.3, -0.25) is 0 Å². The molecular formula is C15H28N2O2. The van der Waals surface area contributed by atoms with E-state index in [-0.39, 0.29) is 0 Å². The highest BCUT2D eigenvalue weighted by molar-refractivity contribution is 4.92. The maximum atomic E-state index is 9.22. The van der Waals surface area contributed by atoms with Crippen LogP contribution in [0.15, 0.2) is 0 Å². The van der Waals surface area contributed by atoms with Crippen molar-refractivity contribution in [3.05, 3.63) is 0 Å². The number of hydrogen-bond donors (Lipinski definition) is 2. The molecule has 2 heterocycles. The zero-order valence-electron chi connectivity index (χ0n) is 11.9. The molecule has 110 valence electrons. The van der Waals surface area contributed by atoms with Crippen LogP contribution >= 0.6 is 0 Å². The molecule has 2 aliphatic heterocycles. The summed E-state index contributed by atoms with van der Waals surface area (Å²) in [7, 11) is 0. The van der Waals surface area contributed by atoms with Crippen molar-refractivity contribution in [2.24, 2.45) is 11.3 Å². The van der Waals surface area contributed by atoms with Crippen molar-refractivity contribution in [3.63, 3.8) is 0 Å². The first kappa shape index (κ1) is 13.8. The van der Waals surface area contributed by atoms with E-state index in [9.17, 15) is 5.11 Å². The third-order valence-corrected chi connectivity index (χ3v) is 5.05. The molecule has 0 radical (unpaired) electrons. The highest BCUT2D eigenvalue weighted by atomic mass is 16.5. The van der Waals surface area contributed by atoms with Crippen LogP contribution in [-0.2, 0) is 4.74 Å². The second-order valence-corrected chi connectivity index (χ2v) is 6.86. The van der Waals surface area contributed by atoms with Gasteiger partial charge in [0.05, 0.1) is 6.61 Å². The summed E-state index contributed by atoms with van der Waals surface area (Å²) in [5.74, 6) is 0.539. The van der Waals surface area contributed by atoms with Gasteiger partial charge in [-0.05, 0) is 51.1 Å². The van der Waals surface area contributed by atoms with Gasteiger partial charge in [0.25, 0.3) is 0 Å². The lowest BCUT2D eigenvalue weighted by atomic mass is 9.85. The lowest BCUT2D eigenvalue weighted by molar-refractivity contribution is 0.0746. The highest BCUT2D eigenvalue weighted by Crippen LogP contribution is 2.32. The number of hydrogen-bond acceptors (Lipinski definition) is 4. The maximum Gasteiger partial charge on any atom is 0.0547 e. The average Bonchev–Trinajstić information content (AvgIpc) is 3.17. The Kier molecular flexibility index (Phi) is 4.42. The van der Waals surface area contributed by atoms with Gasteiger partial charge in [-0.15, -0.1) is 0 Å². The second-order valence-electron chi connectivity index (χ2n) is 6.86. The Morgan fingerprint density at radius 2 is 2.00 bits per heavy atom. The van der Waals surface area contributed by atoms with Crippen molar-refractivity contribution in [1.29, 1.82) is 0 Å². The lowest BCUT2D eigenvalue weighted by Gasteiger charge is -2.38. The molecule has 0 aromatic rings. The minimum Gasteiger partial charge on any atom is -0.396 e. The van der Waals surface area contributed by atoms with Crippen LogP contribution in [0.25, 0.3) is 0 Å². The van der Waals surface area contributed by atoms with Crippen LogP contribution in [0.5, 0.6) is 0 Å². The largest absolute Gasteiger partial charge is 0.396 e. The maximum absolute atomic E-state index is 9.22. The van der Waals surface area contributed by atoms with Gasteiger partial charge >= 0.3 is 0 Å². The molecule has 0 aromatic heterocycles. The Morgan fingerprint density at radius 3 is 2.58 bits per heavy atom. The highest BCUT2D eigenvalue weighted by Gasteiger charge is 2.38. The Bertz CT molecular complexity index is 280. The quantitative estimate of drug-likeness (QED) is 0.750. The summed E-state index contributed by atoms with van der Waals surface area (Å²) in [6, 6.07) is 0.789. The second kappa shape index (κ2) is 6.08. The fraction of sp³-hybridized carbons (Fsp3) is 1.00. The van der Waals surface area contributed by atoms with Gasteiger partial charge < -0.3 is 20.1 Å². The standard InChI is InChI=1S/C15H28N2O2/c18-9-13-3-6-17(7-4-13)11-15(5-8-19-12-15)10-16-14-1-2-14/h13-14,16,18H,1-12H2. The first-order chi connectivity index (χ1) is 9.30. The predicted octanol–water partition coefficient (Wildman–Crippen LogP) is 0.849. The number of ether oxygens (including phenoxy) is 1. The fourth-order valence-corrected chi connectivity index (χ4v) is 3.42. The topological polar surface area (TPSA) is 44.7 Å². The summed E-state index contributed by atoms with van der Waals surface area (Å²) in [6.07, 6.45) is 6.23. The van der Waals surface area contributed by atoms with E-state index in [1.165, 1.54) is 25.8 Å². The van der Waals surface area contributed by atoms with E-state index >= 15 is 0 Å². The van der Waals surface area contributed by atoms with Crippen LogP contribution in [0, 0.1) is 11.3 Å². The van der Waals surface area contributed by atoms with Gasteiger partial charge in [-0.1, -0.05) is 0 Å². The summed E-state index contributed by atoms with van der Waals surface area (Å²) >= 11 is 0. The number of nitrogens with zero attached hydrogens (tertiary/aromatic N) is 1. The van der Waals surface area contributed by atoms with Gasteiger partial charge in [-0.25, -0.2) is 0 Å². The first-order valence-corrected chi connectivity index (χ1v) is 7.94. The van der Waals surface area contributed by atoms with Gasteiger partial charge in [0.2, 0.25) is 0 Å². The van der Waals surface area contributed by atoms with Crippen LogP contribution in [0.2, 0.25) is 0 Å². The van der Waals surface area contributed by atoms with Crippen molar-refractivity contribution in [2.75, 3.05) is 46.0 Å². The van der Waals surface area contributed by atoms with Crippen molar-refractivity contribution in [3.8, 4) is 0 Å². The number of piperidine rings is 1. The molecule has 19 heavy (non-hydrogen) atoms. The molecule has 2 N–H and O–H groups in total. The SMILES string of the molecule is OCC1CCN(CC2(CNC3CC3)CCOC2)CC1. The number of likely N-dealkylation sites (tertiary alicyclic amines) is 1. The first-order valence-electron chi connectivity index (χ1n) is 7.94. The van der Waals surface area contributed by atoms with Crippen LogP contribution in [0.4, 0.5) is 0 Å².